The van der Waals surface area contributed by atoms with E-state index in [-0.39, 0.29) is 6.61 Å². The first kappa shape index (κ1) is 22.5. The number of benzene rings is 3. The maximum atomic E-state index is 11.4. The fraction of sp³-hybridized carbons (Fsp3) is 0.250. The van der Waals surface area contributed by atoms with E-state index in [1.165, 1.54) is 28.3 Å². The van der Waals surface area contributed by atoms with Gasteiger partial charge in [0, 0.05) is 19.1 Å². The number of aryl methyl sites for hydroxylation is 2. The third kappa shape index (κ3) is 5.93. The molecular weight excluding hydrogens is 384 g/mol. The van der Waals surface area contributed by atoms with Gasteiger partial charge in [0.25, 0.3) is 0 Å². The second-order valence-corrected chi connectivity index (χ2v) is 7.52. The molecule has 3 nitrogen and oxygen atoms in total. The van der Waals surface area contributed by atoms with Crippen LogP contribution in [0.25, 0.3) is 22.3 Å². The molecule has 0 aromatic heterocycles. The number of carbonyl (C=O) groups is 1. The topological polar surface area (TPSA) is 46.5 Å². The number of aliphatic hydroxyl groups excluding tert-OH is 1. The summed E-state index contributed by atoms with van der Waals surface area (Å²) in [5, 5.41) is 9.21. The SMILES string of the molecule is C=CC(=O)OCCc1cc(-c2ccc(-c3ccccc3CC)cc2)ccc1CCCO. The van der Waals surface area contributed by atoms with Crippen molar-refractivity contribution >= 4 is 5.97 Å². The summed E-state index contributed by atoms with van der Waals surface area (Å²) in [4.78, 5) is 11.4. The number of hydrogen-bond donors (Lipinski definition) is 1. The minimum Gasteiger partial charge on any atom is -0.462 e. The molecule has 0 aliphatic carbocycles. The highest BCUT2D eigenvalue weighted by Crippen LogP contribution is 2.29. The van der Waals surface area contributed by atoms with Crippen molar-refractivity contribution in [1.29, 1.82) is 0 Å². The predicted molar refractivity (Wildman–Crippen MR) is 127 cm³/mol. The van der Waals surface area contributed by atoms with Crippen LogP contribution in [0.2, 0.25) is 0 Å². The molecule has 0 aliphatic heterocycles. The Kier molecular flexibility index (Phi) is 8.19. The van der Waals surface area contributed by atoms with E-state index in [4.69, 9.17) is 4.74 Å². The van der Waals surface area contributed by atoms with Crippen molar-refractivity contribution < 1.29 is 14.6 Å². The molecule has 0 amide bonds. The van der Waals surface area contributed by atoms with Crippen LogP contribution in [0.1, 0.15) is 30.0 Å². The van der Waals surface area contributed by atoms with Crippen LogP contribution in [0.5, 0.6) is 0 Å². The van der Waals surface area contributed by atoms with Crippen molar-refractivity contribution in [3.63, 3.8) is 0 Å². The standard InChI is InChI=1S/C28H30O3/c1-3-21-8-5-6-10-27(21)24-14-11-23(12-15-24)25-16-13-22(9-7-18-29)26(20-25)17-19-31-28(30)4-2/h4-6,8,10-16,20,29H,2-3,7,9,17-19H2,1H3. The van der Waals surface area contributed by atoms with E-state index < -0.39 is 5.97 Å². The fourth-order valence-electron chi connectivity index (χ4n) is 3.82. The maximum absolute atomic E-state index is 11.4. The first-order chi connectivity index (χ1) is 15.2. The Bertz CT molecular complexity index is 1020. The molecule has 160 valence electrons. The van der Waals surface area contributed by atoms with Crippen LogP contribution in [0.15, 0.2) is 79.4 Å². The van der Waals surface area contributed by atoms with Gasteiger partial charge in [-0.05, 0) is 58.2 Å². The molecular formula is C28H30O3. The third-order valence-corrected chi connectivity index (χ3v) is 5.52. The van der Waals surface area contributed by atoms with Crippen LogP contribution < -0.4 is 0 Å². The molecule has 0 unspecified atom stereocenters. The minimum atomic E-state index is -0.406. The van der Waals surface area contributed by atoms with Gasteiger partial charge in [-0.2, -0.15) is 0 Å². The van der Waals surface area contributed by atoms with Crippen LogP contribution in [0.4, 0.5) is 0 Å². The second kappa shape index (κ2) is 11.3. The summed E-state index contributed by atoms with van der Waals surface area (Å²) >= 11 is 0. The van der Waals surface area contributed by atoms with Gasteiger partial charge >= 0.3 is 5.97 Å². The van der Waals surface area contributed by atoms with E-state index in [0.29, 0.717) is 19.4 Å². The molecule has 3 heteroatoms. The van der Waals surface area contributed by atoms with Crippen molar-refractivity contribution in [3.8, 4) is 22.3 Å². The fourth-order valence-corrected chi connectivity index (χ4v) is 3.82. The average molecular weight is 415 g/mol. The number of hydrogen-bond acceptors (Lipinski definition) is 3. The van der Waals surface area contributed by atoms with Gasteiger partial charge in [0.2, 0.25) is 0 Å². The number of ether oxygens (including phenoxy) is 1. The highest BCUT2D eigenvalue weighted by molar-refractivity contribution is 5.81. The van der Waals surface area contributed by atoms with Crippen LogP contribution in [-0.4, -0.2) is 24.3 Å². The summed E-state index contributed by atoms with van der Waals surface area (Å²) in [7, 11) is 0. The maximum Gasteiger partial charge on any atom is 0.330 e. The number of carbonyl (C=O) groups excluding carboxylic acids is 1. The first-order valence-corrected chi connectivity index (χ1v) is 10.9. The van der Waals surface area contributed by atoms with Gasteiger partial charge in [0.15, 0.2) is 0 Å². The van der Waals surface area contributed by atoms with Crippen LogP contribution in [0.3, 0.4) is 0 Å². The van der Waals surface area contributed by atoms with E-state index in [0.717, 1.165) is 29.5 Å². The lowest BCUT2D eigenvalue weighted by Gasteiger charge is -2.13. The molecule has 0 bridgehead atoms. The van der Waals surface area contributed by atoms with Gasteiger partial charge in [-0.15, -0.1) is 0 Å². The van der Waals surface area contributed by atoms with Gasteiger partial charge in [0.05, 0.1) is 6.61 Å². The second-order valence-electron chi connectivity index (χ2n) is 7.52. The third-order valence-electron chi connectivity index (χ3n) is 5.52. The molecule has 0 saturated heterocycles. The molecule has 1 N–H and O–H groups in total. The van der Waals surface area contributed by atoms with E-state index in [2.05, 4.69) is 80.2 Å². The lowest BCUT2D eigenvalue weighted by Crippen LogP contribution is -2.06. The Morgan fingerprint density at radius 2 is 1.61 bits per heavy atom. The minimum absolute atomic E-state index is 0.160. The Balaban J connectivity index is 1.84. The average Bonchev–Trinajstić information content (AvgIpc) is 2.83. The molecule has 0 saturated carbocycles. The van der Waals surface area contributed by atoms with Crippen LogP contribution in [0, 0.1) is 0 Å². The highest BCUT2D eigenvalue weighted by atomic mass is 16.5. The summed E-state index contributed by atoms with van der Waals surface area (Å²) in [5.41, 5.74) is 8.45. The van der Waals surface area contributed by atoms with E-state index in [1.807, 2.05) is 0 Å². The predicted octanol–water partition coefficient (Wildman–Crippen LogP) is 5.78. The number of aliphatic hydroxyl groups is 1. The summed E-state index contributed by atoms with van der Waals surface area (Å²) in [6, 6.07) is 23.6. The Hall–Kier alpha value is -3.17. The normalized spacial score (nSPS) is 10.6. The van der Waals surface area contributed by atoms with Gasteiger partial charge in [0.1, 0.15) is 0 Å². The molecule has 0 heterocycles. The smallest absolute Gasteiger partial charge is 0.330 e. The van der Waals surface area contributed by atoms with Crippen molar-refractivity contribution in [3.05, 3.63) is 96.1 Å². The quantitative estimate of drug-likeness (QED) is 0.338. The summed E-state index contributed by atoms with van der Waals surface area (Å²) in [6.07, 6.45) is 4.34. The monoisotopic (exact) mass is 414 g/mol. The van der Waals surface area contributed by atoms with Gasteiger partial charge < -0.3 is 9.84 Å². The Labute approximate surface area is 185 Å². The van der Waals surface area contributed by atoms with Crippen molar-refractivity contribution in [2.45, 2.75) is 32.6 Å². The molecule has 0 spiro atoms. The van der Waals surface area contributed by atoms with Gasteiger partial charge in [-0.3, -0.25) is 0 Å². The van der Waals surface area contributed by atoms with Gasteiger partial charge in [-0.1, -0.05) is 80.2 Å². The zero-order valence-corrected chi connectivity index (χ0v) is 18.1. The van der Waals surface area contributed by atoms with Crippen LogP contribution in [-0.2, 0) is 28.8 Å². The lowest BCUT2D eigenvalue weighted by atomic mass is 9.93. The van der Waals surface area contributed by atoms with Gasteiger partial charge in [-0.25, -0.2) is 4.79 Å². The highest BCUT2D eigenvalue weighted by Gasteiger charge is 2.09. The molecule has 3 aromatic carbocycles. The molecule has 0 atom stereocenters. The van der Waals surface area contributed by atoms with Crippen LogP contribution >= 0.6 is 0 Å². The summed E-state index contributed by atoms with van der Waals surface area (Å²) in [5.74, 6) is -0.406. The summed E-state index contributed by atoms with van der Waals surface area (Å²) in [6.45, 7) is 6.09. The Morgan fingerprint density at radius 1 is 0.903 bits per heavy atom. The molecule has 0 radical (unpaired) electrons. The molecule has 3 aromatic rings. The first-order valence-electron chi connectivity index (χ1n) is 10.9. The van der Waals surface area contributed by atoms with E-state index >= 15 is 0 Å². The number of esters is 1. The molecule has 3 rings (SSSR count). The molecule has 31 heavy (non-hydrogen) atoms. The molecule has 0 fully saturated rings. The zero-order valence-electron chi connectivity index (χ0n) is 18.1. The van der Waals surface area contributed by atoms with Crippen molar-refractivity contribution in [2.24, 2.45) is 0 Å². The summed E-state index contributed by atoms with van der Waals surface area (Å²) < 4.78 is 5.18. The molecule has 0 aliphatic rings. The largest absolute Gasteiger partial charge is 0.462 e. The van der Waals surface area contributed by atoms with E-state index in [1.54, 1.807) is 0 Å². The van der Waals surface area contributed by atoms with Crippen molar-refractivity contribution in [2.75, 3.05) is 13.2 Å². The van der Waals surface area contributed by atoms with E-state index in [9.17, 15) is 9.90 Å². The zero-order chi connectivity index (χ0) is 22.1. The number of rotatable bonds is 10. The Morgan fingerprint density at radius 3 is 2.32 bits per heavy atom. The van der Waals surface area contributed by atoms with Crippen molar-refractivity contribution in [1.82, 2.24) is 0 Å². The lowest BCUT2D eigenvalue weighted by molar-refractivity contribution is -0.137.